The standard InChI is InChI=1S/C5H5.CH3Cl.Zr/c1-2-4-5-3-1;1-2;/h1-3H,4H2;1H3;. The molecule has 2 heteroatoms. The van der Waals surface area contributed by atoms with E-state index in [4.69, 9.17) is 0 Å². The molecule has 0 nitrogen and oxygen atoms in total. The van der Waals surface area contributed by atoms with Crippen LogP contribution in [-0.2, 0) is 24.7 Å². The van der Waals surface area contributed by atoms with Crippen LogP contribution in [0, 0.1) is 0 Å². The maximum absolute atomic E-state index is 4.64. The average molecular weight is 207 g/mol. The second-order valence-electron chi connectivity index (χ2n) is 1.32. The molecule has 0 amide bonds. The Bertz CT molecular complexity index is 105. The Morgan fingerprint density at radius 3 is 2.38 bits per heavy atom. The fraction of sp³-hybridized carbons (Fsp3) is 0.333. The van der Waals surface area contributed by atoms with Crippen molar-refractivity contribution in [2.24, 2.45) is 0 Å². The molecule has 1 aliphatic rings. The summed E-state index contributed by atoms with van der Waals surface area (Å²) in [5, 5.41) is 0. The third-order valence-corrected chi connectivity index (χ3v) is 1.68. The zero-order chi connectivity index (χ0) is 6.41. The van der Waals surface area contributed by atoms with Crippen molar-refractivity contribution in [2.45, 2.75) is 6.42 Å². The molecular formula is C6H8ClZr. The van der Waals surface area contributed by atoms with E-state index in [0.29, 0.717) is 0 Å². The summed E-state index contributed by atoms with van der Waals surface area (Å²) in [6, 6.07) is 0. The minimum absolute atomic E-state index is 1.21. The first-order valence-electron chi connectivity index (χ1n) is 2.35. The second-order valence-corrected chi connectivity index (χ2v) is 2.90. The quantitative estimate of drug-likeness (QED) is 0.534. The molecule has 43 valence electrons. The fourth-order valence-electron chi connectivity index (χ4n) is 0.447. The van der Waals surface area contributed by atoms with Crippen LogP contribution in [0.2, 0.25) is 0 Å². The predicted octanol–water partition coefficient (Wildman–Crippen LogP) is 2.23. The summed E-state index contributed by atoms with van der Waals surface area (Å²) >= 11 is 6.20. The summed E-state index contributed by atoms with van der Waals surface area (Å²) in [6.07, 6.45) is 9.16. The topological polar surface area (TPSA) is 0 Å². The first kappa shape index (κ1) is 8.65. The molecule has 0 aromatic carbocycles. The number of hydrogen-bond acceptors (Lipinski definition) is 0. The molecule has 0 spiro atoms. The Kier molecular flexibility index (Phi) is 6.26. The van der Waals surface area contributed by atoms with Gasteiger partial charge in [0, 0.05) is 6.38 Å². The van der Waals surface area contributed by atoms with Crippen molar-refractivity contribution in [1.82, 2.24) is 0 Å². The van der Waals surface area contributed by atoms with Crippen LogP contribution >= 0.6 is 11.6 Å². The van der Waals surface area contributed by atoms with Gasteiger partial charge in [-0.15, -0.1) is 11.6 Å². The van der Waals surface area contributed by atoms with Gasteiger partial charge in [0.2, 0.25) is 0 Å². The predicted molar refractivity (Wildman–Crippen MR) is 33.6 cm³/mol. The summed E-state index contributed by atoms with van der Waals surface area (Å²) in [4.78, 5) is 0. The second kappa shape index (κ2) is 5.78. The molecule has 0 atom stereocenters. The Labute approximate surface area is 70.5 Å². The SMILES string of the molecule is CCl.[Zr][C]1=CC=CC1. The third kappa shape index (κ3) is 3.63. The molecule has 8 heavy (non-hydrogen) atoms. The van der Waals surface area contributed by atoms with Crippen molar-refractivity contribution in [2.75, 3.05) is 6.38 Å². The van der Waals surface area contributed by atoms with Gasteiger partial charge in [-0.3, -0.25) is 0 Å². The zero-order valence-electron chi connectivity index (χ0n) is 4.82. The van der Waals surface area contributed by atoms with Crippen LogP contribution in [0.15, 0.2) is 21.5 Å². The van der Waals surface area contributed by atoms with E-state index < -0.39 is 0 Å². The third-order valence-electron chi connectivity index (χ3n) is 0.771. The van der Waals surface area contributed by atoms with Gasteiger partial charge in [0.15, 0.2) is 0 Å². The molecule has 0 fully saturated rings. The Morgan fingerprint density at radius 1 is 1.62 bits per heavy atom. The first-order valence-corrected chi connectivity index (χ1v) is 4.33. The van der Waals surface area contributed by atoms with Crippen molar-refractivity contribution in [3.63, 3.8) is 0 Å². The number of rotatable bonds is 0. The van der Waals surface area contributed by atoms with Gasteiger partial charge in [0.25, 0.3) is 0 Å². The molecule has 1 rings (SSSR count). The summed E-state index contributed by atoms with van der Waals surface area (Å²) in [7, 11) is 0. The van der Waals surface area contributed by atoms with Gasteiger partial charge in [0.1, 0.15) is 0 Å². The van der Waals surface area contributed by atoms with Crippen molar-refractivity contribution >= 4 is 11.6 Å². The van der Waals surface area contributed by atoms with Crippen LogP contribution in [0.4, 0.5) is 0 Å². The van der Waals surface area contributed by atoms with Gasteiger partial charge in [-0.05, 0) is 0 Å². The van der Waals surface area contributed by atoms with E-state index in [9.17, 15) is 0 Å². The average Bonchev–Trinajstić information content (AvgIpc) is 2.24. The van der Waals surface area contributed by atoms with Gasteiger partial charge in [0.05, 0.1) is 0 Å². The van der Waals surface area contributed by atoms with Crippen LogP contribution in [0.5, 0.6) is 0 Å². The van der Waals surface area contributed by atoms with Crippen LogP contribution in [0.25, 0.3) is 0 Å². The Hall–Kier alpha value is 0.653. The van der Waals surface area contributed by atoms with Crippen molar-refractivity contribution in [3.8, 4) is 0 Å². The van der Waals surface area contributed by atoms with E-state index in [-0.39, 0.29) is 0 Å². The Balaban J connectivity index is 0.000000222. The van der Waals surface area contributed by atoms with Gasteiger partial charge in [-0.1, -0.05) is 0 Å². The van der Waals surface area contributed by atoms with Crippen LogP contribution in [0.1, 0.15) is 6.42 Å². The van der Waals surface area contributed by atoms with E-state index in [1.54, 1.807) is 28.0 Å². The molecule has 0 radical (unpaired) electrons. The van der Waals surface area contributed by atoms with Gasteiger partial charge in [-0.25, -0.2) is 0 Å². The molecule has 0 bridgehead atoms. The number of allylic oxidation sites excluding steroid dienone is 4. The van der Waals surface area contributed by atoms with E-state index in [0.717, 1.165) is 0 Å². The molecule has 0 unspecified atom stereocenters. The van der Waals surface area contributed by atoms with Crippen LogP contribution in [0.3, 0.4) is 0 Å². The number of hydrogen-bond donors (Lipinski definition) is 0. The van der Waals surface area contributed by atoms with E-state index in [1.165, 1.54) is 12.8 Å². The summed E-state index contributed by atoms with van der Waals surface area (Å²) < 4.78 is 1.56. The molecule has 1 aliphatic carbocycles. The monoisotopic (exact) mass is 205 g/mol. The van der Waals surface area contributed by atoms with E-state index in [2.05, 4.69) is 29.8 Å². The van der Waals surface area contributed by atoms with Gasteiger partial charge in [-0.2, -0.15) is 0 Å². The van der Waals surface area contributed by atoms with Crippen LogP contribution < -0.4 is 0 Å². The van der Waals surface area contributed by atoms with Gasteiger partial charge >= 0.3 is 52.6 Å². The van der Waals surface area contributed by atoms with Crippen molar-refractivity contribution in [1.29, 1.82) is 0 Å². The molecule has 0 aliphatic heterocycles. The number of alkyl halides is 1. The van der Waals surface area contributed by atoms with Crippen molar-refractivity contribution < 1.29 is 24.7 Å². The maximum atomic E-state index is 4.64. The molecule has 0 aromatic heterocycles. The number of halogens is 1. The zero-order valence-corrected chi connectivity index (χ0v) is 8.03. The molecular weight excluding hydrogens is 199 g/mol. The van der Waals surface area contributed by atoms with Gasteiger partial charge < -0.3 is 0 Å². The fourth-order valence-corrected chi connectivity index (χ4v) is 0.973. The van der Waals surface area contributed by atoms with E-state index >= 15 is 0 Å². The summed E-state index contributed by atoms with van der Waals surface area (Å²) in [5.74, 6) is 0. The Morgan fingerprint density at radius 2 is 2.25 bits per heavy atom. The van der Waals surface area contributed by atoms with Crippen LogP contribution in [-0.4, -0.2) is 6.38 Å². The molecule has 0 N–H and O–H groups in total. The van der Waals surface area contributed by atoms with Crippen molar-refractivity contribution in [3.05, 3.63) is 21.5 Å². The molecule has 0 saturated heterocycles. The summed E-state index contributed by atoms with van der Waals surface area (Å²) in [5.41, 5.74) is 0. The molecule has 0 heterocycles. The molecule has 0 aromatic rings. The minimum atomic E-state index is 1.21. The summed E-state index contributed by atoms with van der Waals surface area (Å²) in [6.45, 7) is 0. The van der Waals surface area contributed by atoms with E-state index in [1.807, 2.05) is 0 Å². The first-order chi connectivity index (χ1) is 3.89. The normalized spacial score (nSPS) is 14.4. The molecule has 0 saturated carbocycles.